The van der Waals surface area contributed by atoms with Crippen LogP contribution in [-0.4, -0.2) is 4.92 Å². The van der Waals surface area contributed by atoms with Crippen molar-refractivity contribution >= 4 is 0 Å². The van der Waals surface area contributed by atoms with Gasteiger partial charge in [0.1, 0.15) is 0 Å². The summed E-state index contributed by atoms with van der Waals surface area (Å²) in [6.07, 6.45) is 9.77. The molecule has 0 saturated heterocycles. The summed E-state index contributed by atoms with van der Waals surface area (Å²) in [5.74, 6) is 0.456. The first-order valence-corrected chi connectivity index (χ1v) is 5.59. The normalized spacial score (nSPS) is 20.5. The molecule has 0 radical (unpaired) electrons. The standard InChI is InChI=1S/C11H19NO2/c1-2-11(12(13)14)9-10-7-5-3-4-6-8-10/h9-10H,2-8H2,1H3/b11-9+. The van der Waals surface area contributed by atoms with Gasteiger partial charge in [0.15, 0.2) is 0 Å². The van der Waals surface area contributed by atoms with E-state index >= 15 is 0 Å². The first-order chi connectivity index (χ1) is 6.74. The van der Waals surface area contributed by atoms with E-state index < -0.39 is 0 Å². The van der Waals surface area contributed by atoms with E-state index in [1.165, 1.54) is 25.7 Å². The number of allylic oxidation sites excluding steroid dienone is 2. The number of nitrogens with zero attached hydrogens (tertiary/aromatic N) is 1. The van der Waals surface area contributed by atoms with Crippen molar-refractivity contribution in [1.29, 1.82) is 0 Å². The largest absolute Gasteiger partial charge is 0.259 e. The molecule has 1 aliphatic rings. The minimum absolute atomic E-state index is 0.231. The molecule has 0 aromatic carbocycles. The maximum Gasteiger partial charge on any atom is 0.242 e. The molecular weight excluding hydrogens is 178 g/mol. The second-order valence-electron chi connectivity index (χ2n) is 4.02. The number of rotatable bonds is 3. The molecule has 0 heterocycles. The predicted molar refractivity (Wildman–Crippen MR) is 56.6 cm³/mol. The molecule has 0 aliphatic heterocycles. The van der Waals surface area contributed by atoms with Gasteiger partial charge in [-0.25, -0.2) is 0 Å². The molecule has 0 spiro atoms. The van der Waals surface area contributed by atoms with Crippen LogP contribution >= 0.6 is 0 Å². The monoisotopic (exact) mass is 197 g/mol. The van der Waals surface area contributed by atoms with E-state index in [2.05, 4.69) is 0 Å². The summed E-state index contributed by atoms with van der Waals surface area (Å²) in [7, 11) is 0. The van der Waals surface area contributed by atoms with Gasteiger partial charge in [-0.3, -0.25) is 10.1 Å². The van der Waals surface area contributed by atoms with Crippen molar-refractivity contribution in [2.24, 2.45) is 5.92 Å². The number of hydrogen-bond donors (Lipinski definition) is 0. The molecule has 0 amide bonds. The molecule has 3 heteroatoms. The van der Waals surface area contributed by atoms with Crippen molar-refractivity contribution in [2.75, 3.05) is 0 Å². The Morgan fingerprint density at radius 3 is 2.36 bits per heavy atom. The van der Waals surface area contributed by atoms with Gasteiger partial charge >= 0.3 is 0 Å². The topological polar surface area (TPSA) is 43.1 Å². The quantitative estimate of drug-likeness (QED) is 0.394. The first-order valence-electron chi connectivity index (χ1n) is 5.59. The molecule has 0 N–H and O–H groups in total. The summed E-state index contributed by atoms with van der Waals surface area (Å²) in [4.78, 5) is 10.4. The average molecular weight is 197 g/mol. The highest BCUT2D eigenvalue weighted by Crippen LogP contribution is 2.25. The summed E-state index contributed by atoms with van der Waals surface area (Å²) in [5, 5.41) is 10.6. The van der Waals surface area contributed by atoms with Gasteiger partial charge in [0.05, 0.1) is 4.92 Å². The second-order valence-corrected chi connectivity index (χ2v) is 4.02. The van der Waals surface area contributed by atoms with Crippen LogP contribution in [0.4, 0.5) is 0 Å². The Balaban J connectivity index is 2.57. The van der Waals surface area contributed by atoms with Crippen molar-refractivity contribution in [1.82, 2.24) is 0 Å². The Labute approximate surface area is 85.3 Å². The summed E-state index contributed by atoms with van der Waals surface area (Å²) in [5.41, 5.74) is 0.400. The lowest BCUT2D eigenvalue weighted by molar-refractivity contribution is -0.428. The van der Waals surface area contributed by atoms with Gasteiger partial charge in [-0.05, 0) is 24.8 Å². The van der Waals surface area contributed by atoms with Crippen molar-refractivity contribution < 1.29 is 4.92 Å². The lowest BCUT2D eigenvalue weighted by atomic mass is 9.99. The lowest BCUT2D eigenvalue weighted by Crippen LogP contribution is -2.02. The molecule has 0 bridgehead atoms. The first kappa shape index (κ1) is 11.2. The third-order valence-electron chi connectivity index (χ3n) is 2.92. The SMILES string of the molecule is CC/C(=C\C1CCCCCC1)[N+](=O)[O-]. The Hall–Kier alpha value is -0.860. The molecule has 1 rings (SSSR count). The second kappa shape index (κ2) is 5.78. The van der Waals surface area contributed by atoms with Crippen LogP contribution in [0, 0.1) is 16.0 Å². The van der Waals surface area contributed by atoms with Gasteiger partial charge in [-0.1, -0.05) is 32.6 Å². The third-order valence-corrected chi connectivity index (χ3v) is 2.92. The van der Waals surface area contributed by atoms with Gasteiger partial charge in [0.2, 0.25) is 5.70 Å². The van der Waals surface area contributed by atoms with Crippen molar-refractivity contribution in [2.45, 2.75) is 51.9 Å². The summed E-state index contributed by atoms with van der Waals surface area (Å²) in [6.45, 7) is 1.85. The van der Waals surface area contributed by atoms with E-state index in [0.29, 0.717) is 18.0 Å². The Bertz CT molecular complexity index is 215. The van der Waals surface area contributed by atoms with Crippen LogP contribution < -0.4 is 0 Å². The fourth-order valence-electron chi connectivity index (χ4n) is 2.06. The van der Waals surface area contributed by atoms with Crippen molar-refractivity contribution in [3.05, 3.63) is 21.9 Å². The number of nitro groups is 1. The lowest BCUT2D eigenvalue weighted by Gasteiger charge is -2.07. The van der Waals surface area contributed by atoms with E-state index in [4.69, 9.17) is 0 Å². The molecule has 0 aromatic heterocycles. The van der Waals surface area contributed by atoms with E-state index in [0.717, 1.165) is 12.8 Å². The molecule has 1 saturated carbocycles. The van der Waals surface area contributed by atoms with Gasteiger partial charge in [0.25, 0.3) is 0 Å². The van der Waals surface area contributed by atoms with Crippen LogP contribution in [0.5, 0.6) is 0 Å². The molecular formula is C11H19NO2. The highest BCUT2D eigenvalue weighted by atomic mass is 16.6. The van der Waals surface area contributed by atoms with Crippen LogP contribution in [0.15, 0.2) is 11.8 Å². The molecule has 3 nitrogen and oxygen atoms in total. The van der Waals surface area contributed by atoms with Crippen LogP contribution in [0.25, 0.3) is 0 Å². The average Bonchev–Trinajstić information content (AvgIpc) is 2.41. The minimum atomic E-state index is -0.231. The Kier molecular flexibility index (Phi) is 4.63. The van der Waals surface area contributed by atoms with E-state index in [1.54, 1.807) is 0 Å². The predicted octanol–water partition coefficient (Wildman–Crippen LogP) is 3.53. The summed E-state index contributed by atoms with van der Waals surface area (Å²) < 4.78 is 0. The zero-order valence-electron chi connectivity index (χ0n) is 8.87. The van der Waals surface area contributed by atoms with Crippen LogP contribution in [0.1, 0.15) is 51.9 Å². The maximum atomic E-state index is 10.6. The van der Waals surface area contributed by atoms with Gasteiger partial charge < -0.3 is 0 Å². The van der Waals surface area contributed by atoms with Crippen LogP contribution in [0.3, 0.4) is 0 Å². The van der Waals surface area contributed by atoms with Crippen molar-refractivity contribution in [3.8, 4) is 0 Å². The molecule has 0 aromatic rings. The zero-order chi connectivity index (χ0) is 10.4. The fourth-order valence-corrected chi connectivity index (χ4v) is 2.06. The Morgan fingerprint density at radius 1 is 1.36 bits per heavy atom. The smallest absolute Gasteiger partial charge is 0.242 e. The zero-order valence-corrected chi connectivity index (χ0v) is 8.87. The molecule has 0 unspecified atom stereocenters. The third kappa shape index (κ3) is 3.48. The van der Waals surface area contributed by atoms with Gasteiger partial charge in [-0.2, -0.15) is 0 Å². The highest BCUT2D eigenvalue weighted by Gasteiger charge is 2.14. The molecule has 14 heavy (non-hydrogen) atoms. The van der Waals surface area contributed by atoms with Crippen molar-refractivity contribution in [3.63, 3.8) is 0 Å². The van der Waals surface area contributed by atoms with Gasteiger partial charge in [-0.15, -0.1) is 0 Å². The summed E-state index contributed by atoms with van der Waals surface area (Å²) in [6, 6.07) is 0. The van der Waals surface area contributed by atoms with E-state index in [-0.39, 0.29) is 4.92 Å². The Morgan fingerprint density at radius 2 is 1.93 bits per heavy atom. The van der Waals surface area contributed by atoms with E-state index in [9.17, 15) is 10.1 Å². The molecule has 0 atom stereocenters. The number of hydrogen-bond acceptors (Lipinski definition) is 2. The van der Waals surface area contributed by atoms with Crippen LogP contribution in [-0.2, 0) is 0 Å². The molecule has 1 aliphatic carbocycles. The minimum Gasteiger partial charge on any atom is -0.259 e. The summed E-state index contributed by atoms with van der Waals surface area (Å²) >= 11 is 0. The molecule has 1 fully saturated rings. The van der Waals surface area contributed by atoms with E-state index in [1.807, 2.05) is 13.0 Å². The molecule has 80 valence electrons. The fraction of sp³-hybridized carbons (Fsp3) is 0.818. The highest BCUT2D eigenvalue weighted by molar-refractivity contribution is 4.95. The van der Waals surface area contributed by atoms with Crippen LogP contribution in [0.2, 0.25) is 0 Å². The maximum absolute atomic E-state index is 10.6. The van der Waals surface area contributed by atoms with Gasteiger partial charge in [0, 0.05) is 6.42 Å².